The molecule has 0 unspecified atom stereocenters. The fourth-order valence-electron chi connectivity index (χ4n) is 2.15. The van der Waals surface area contributed by atoms with Gasteiger partial charge in [0, 0.05) is 18.7 Å². The van der Waals surface area contributed by atoms with E-state index in [1.54, 1.807) is 0 Å². The van der Waals surface area contributed by atoms with E-state index < -0.39 is 0 Å². The van der Waals surface area contributed by atoms with Crippen molar-refractivity contribution in [3.05, 3.63) is 35.6 Å². The molecule has 0 radical (unpaired) electrons. The van der Waals surface area contributed by atoms with Gasteiger partial charge >= 0.3 is 0 Å². The Morgan fingerprint density at radius 3 is 2.33 bits per heavy atom. The number of benzene rings is 1. The number of likely N-dealkylation sites (tertiary alicyclic amines) is 1. The normalized spacial score (nSPS) is 16.2. The largest absolute Gasteiger partial charge is 0.339 e. The van der Waals surface area contributed by atoms with Crippen LogP contribution in [-0.2, 0) is 0 Å². The molecule has 0 aliphatic carbocycles. The number of halogens is 2. The van der Waals surface area contributed by atoms with E-state index in [2.05, 4.69) is 0 Å². The summed E-state index contributed by atoms with van der Waals surface area (Å²) in [6, 6.07) is 5.71. The molecule has 5 heteroatoms. The van der Waals surface area contributed by atoms with E-state index in [9.17, 15) is 9.18 Å². The quantitative estimate of drug-likeness (QED) is 0.896. The molecular formula is C13H18ClFN2O. The van der Waals surface area contributed by atoms with Crippen LogP contribution in [0.25, 0.3) is 0 Å². The van der Waals surface area contributed by atoms with Gasteiger partial charge in [-0.05, 0) is 49.6 Å². The SMILES string of the molecule is Cl.NCC1CCN(C(=O)c2ccc(F)cc2)CC1. The molecule has 1 amide bonds. The first kappa shape index (κ1) is 14.9. The smallest absolute Gasteiger partial charge is 0.253 e. The van der Waals surface area contributed by atoms with E-state index in [0.29, 0.717) is 18.0 Å². The van der Waals surface area contributed by atoms with Gasteiger partial charge in [0.1, 0.15) is 5.82 Å². The standard InChI is InChI=1S/C13H17FN2O.ClH/c14-12-3-1-11(2-4-12)13(17)16-7-5-10(9-15)6-8-16;/h1-4,10H,5-9,15H2;1H. The minimum atomic E-state index is -0.316. The molecular weight excluding hydrogens is 255 g/mol. The minimum Gasteiger partial charge on any atom is -0.339 e. The molecule has 3 nitrogen and oxygen atoms in total. The Bertz CT molecular complexity index is 388. The zero-order valence-corrected chi connectivity index (χ0v) is 11.0. The Labute approximate surface area is 113 Å². The number of carbonyl (C=O) groups is 1. The fraction of sp³-hybridized carbons (Fsp3) is 0.462. The third-order valence-electron chi connectivity index (χ3n) is 3.33. The molecule has 1 heterocycles. The van der Waals surface area contributed by atoms with Gasteiger partial charge in [-0.1, -0.05) is 0 Å². The number of rotatable bonds is 2. The summed E-state index contributed by atoms with van der Waals surface area (Å²) in [5.41, 5.74) is 6.16. The molecule has 0 atom stereocenters. The number of carbonyl (C=O) groups excluding carboxylic acids is 1. The summed E-state index contributed by atoms with van der Waals surface area (Å²) in [5, 5.41) is 0. The average Bonchev–Trinajstić information content (AvgIpc) is 2.39. The zero-order chi connectivity index (χ0) is 12.3. The van der Waals surface area contributed by atoms with Crippen molar-refractivity contribution in [1.29, 1.82) is 0 Å². The predicted octanol–water partition coefficient (Wildman–Crippen LogP) is 2.06. The molecule has 1 aliphatic heterocycles. The molecule has 1 saturated heterocycles. The number of hydrogen-bond donors (Lipinski definition) is 1. The molecule has 100 valence electrons. The van der Waals surface area contributed by atoms with Crippen molar-refractivity contribution >= 4 is 18.3 Å². The van der Waals surface area contributed by atoms with Crippen LogP contribution in [0.15, 0.2) is 24.3 Å². The van der Waals surface area contributed by atoms with Crippen LogP contribution in [0, 0.1) is 11.7 Å². The van der Waals surface area contributed by atoms with Gasteiger partial charge in [0.15, 0.2) is 0 Å². The molecule has 1 aromatic carbocycles. The highest BCUT2D eigenvalue weighted by molar-refractivity contribution is 5.94. The van der Waals surface area contributed by atoms with Crippen molar-refractivity contribution in [2.75, 3.05) is 19.6 Å². The second kappa shape index (κ2) is 6.71. The first-order valence-corrected chi connectivity index (χ1v) is 5.95. The molecule has 0 spiro atoms. The molecule has 2 rings (SSSR count). The Morgan fingerprint density at radius 2 is 1.83 bits per heavy atom. The predicted molar refractivity (Wildman–Crippen MR) is 71.3 cm³/mol. The van der Waals surface area contributed by atoms with Crippen LogP contribution in [0.5, 0.6) is 0 Å². The van der Waals surface area contributed by atoms with E-state index in [-0.39, 0.29) is 24.1 Å². The zero-order valence-electron chi connectivity index (χ0n) is 10.1. The molecule has 1 fully saturated rings. The maximum atomic E-state index is 12.8. The van der Waals surface area contributed by atoms with E-state index >= 15 is 0 Å². The van der Waals surface area contributed by atoms with Crippen LogP contribution in [0.1, 0.15) is 23.2 Å². The Balaban J connectivity index is 0.00000162. The summed E-state index contributed by atoms with van der Waals surface area (Å²) in [7, 11) is 0. The third kappa shape index (κ3) is 3.43. The van der Waals surface area contributed by atoms with E-state index in [0.717, 1.165) is 25.9 Å². The summed E-state index contributed by atoms with van der Waals surface area (Å²) < 4.78 is 12.8. The Morgan fingerprint density at radius 1 is 1.28 bits per heavy atom. The van der Waals surface area contributed by atoms with Gasteiger partial charge in [-0.25, -0.2) is 4.39 Å². The van der Waals surface area contributed by atoms with Crippen LogP contribution in [0.3, 0.4) is 0 Å². The number of nitrogens with two attached hydrogens (primary N) is 1. The minimum absolute atomic E-state index is 0. The third-order valence-corrected chi connectivity index (χ3v) is 3.33. The molecule has 2 N–H and O–H groups in total. The molecule has 1 aliphatic rings. The van der Waals surface area contributed by atoms with Crippen molar-refractivity contribution in [3.63, 3.8) is 0 Å². The number of nitrogens with zero attached hydrogens (tertiary/aromatic N) is 1. The molecule has 0 saturated carbocycles. The van der Waals surface area contributed by atoms with Crippen LogP contribution < -0.4 is 5.73 Å². The van der Waals surface area contributed by atoms with Crippen molar-refractivity contribution in [2.45, 2.75) is 12.8 Å². The van der Waals surface area contributed by atoms with E-state index in [4.69, 9.17) is 5.73 Å². The maximum absolute atomic E-state index is 12.8. The van der Waals surface area contributed by atoms with Crippen LogP contribution in [-0.4, -0.2) is 30.4 Å². The van der Waals surface area contributed by atoms with Gasteiger partial charge in [0.05, 0.1) is 0 Å². The van der Waals surface area contributed by atoms with Gasteiger partial charge in [-0.15, -0.1) is 12.4 Å². The van der Waals surface area contributed by atoms with Gasteiger partial charge in [-0.3, -0.25) is 4.79 Å². The van der Waals surface area contributed by atoms with Crippen molar-refractivity contribution in [3.8, 4) is 0 Å². The number of amides is 1. The highest BCUT2D eigenvalue weighted by Gasteiger charge is 2.22. The summed E-state index contributed by atoms with van der Waals surface area (Å²) in [5.74, 6) is 0.205. The van der Waals surface area contributed by atoms with Gasteiger partial charge < -0.3 is 10.6 Å². The molecule has 0 bridgehead atoms. The average molecular weight is 273 g/mol. The second-order valence-corrected chi connectivity index (χ2v) is 4.48. The molecule has 0 aromatic heterocycles. The maximum Gasteiger partial charge on any atom is 0.253 e. The summed E-state index contributed by atoms with van der Waals surface area (Å²) in [4.78, 5) is 13.9. The molecule has 1 aromatic rings. The lowest BCUT2D eigenvalue weighted by molar-refractivity contribution is 0.0693. The summed E-state index contributed by atoms with van der Waals surface area (Å²) >= 11 is 0. The first-order valence-electron chi connectivity index (χ1n) is 5.95. The molecule has 18 heavy (non-hydrogen) atoms. The van der Waals surface area contributed by atoms with Crippen molar-refractivity contribution in [1.82, 2.24) is 4.90 Å². The number of piperidine rings is 1. The van der Waals surface area contributed by atoms with Crippen LogP contribution in [0.4, 0.5) is 4.39 Å². The van der Waals surface area contributed by atoms with Gasteiger partial charge in [-0.2, -0.15) is 0 Å². The Hall–Kier alpha value is -1.13. The summed E-state index contributed by atoms with van der Waals surface area (Å²) in [6.07, 6.45) is 1.92. The lowest BCUT2D eigenvalue weighted by atomic mass is 9.96. The van der Waals surface area contributed by atoms with Crippen LogP contribution in [0.2, 0.25) is 0 Å². The lowest BCUT2D eigenvalue weighted by Crippen LogP contribution is -2.40. The van der Waals surface area contributed by atoms with Crippen molar-refractivity contribution < 1.29 is 9.18 Å². The van der Waals surface area contributed by atoms with Crippen molar-refractivity contribution in [2.24, 2.45) is 11.7 Å². The lowest BCUT2D eigenvalue weighted by Gasteiger charge is -2.31. The van der Waals surface area contributed by atoms with Gasteiger partial charge in [0.2, 0.25) is 0 Å². The second-order valence-electron chi connectivity index (χ2n) is 4.48. The first-order chi connectivity index (χ1) is 8.20. The number of hydrogen-bond acceptors (Lipinski definition) is 2. The van der Waals surface area contributed by atoms with Crippen LogP contribution >= 0.6 is 12.4 Å². The van der Waals surface area contributed by atoms with E-state index in [1.807, 2.05) is 4.90 Å². The highest BCUT2D eigenvalue weighted by Crippen LogP contribution is 2.18. The topological polar surface area (TPSA) is 46.3 Å². The fourth-order valence-corrected chi connectivity index (χ4v) is 2.15. The monoisotopic (exact) mass is 272 g/mol. The highest BCUT2D eigenvalue weighted by atomic mass is 35.5. The van der Waals surface area contributed by atoms with Gasteiger partial charge in [0.25, 0.3) is 5.91 Å². The summed E-state index contributed by atoms with van der Waals surface area (Å²) in [6.45, 7) is 2.19. The Kier molecular flexibility index (Phi) is 5.56. The van der Waals surface area contributed by atoms with E-state index in [1.165, 1.54) is 24.3 Å².